The van der Waals surface area contributed by atoms with Gasteiger partial charge in [0.2, 0.25) is 0 Å². The monoisotopic (exact) mass is 282 g/mol. The lowest BCUT2D eigenvalue weighted by Crippen LogP contribution is -2.52. The Morgan fingerprint density at radius 3 is 2.65 bits per heavy atom. The molecule has 0 N–H and O–H groups in total. The summed E-state index contributed by atoms with van der Waals surface area (Å²) in [5.41, 5.74) is 0. The van der Waals surface area contributed by atoms with Crippen molar-refractivity contribution < 1.29 is 8.42 Å². The van der Waals surface area contributed by atoms with Crippen LogP contribution in [-0.4, -0.2) is 48.6 Å². The summed E-state index contributed by atoms with van der Waals surface area (Å²) in [6.45, 7) is 4.52. The van der Waals surface area contributed by atoms with E-state index in [1.54, 1.807) is 11.4 Å². The van der Waals surface area contributed by atoms with Crippen LogP contribution in [0.25, 0.3) is 0 Å². The maximum atomic E-state index is 12.4. The van der Waals surface area contributed by atoms with Crippen LogP contribution >= 0.6 is 11.6 Å². The smallest absolute Gasteiger partial charge is 0.195 e. The van der Waals surface area contributed by atoms with Crippen LogP contribution in [0.15, 0.2) is 0 Å². The van der Waals surface area contributed by atoms with Crippen LogP contribution in [0, 0.1) is 0 Å². The standard InChI is InChI=1S/C11H23ClN2O2S/c1-4-10(2)13(3)17(15,16)14-8-6-5-7-11(14)9-12/h10-11H,4-9H2,1-3H3. The van der Waals surface area contributed by atoms with Crippen LogP contribution in [0.4, 0.5) is 0 Å². The first-order chi connectivity index (χ1) is 7.95. The fourth-order valence-corrected chi connectivity index (χ4v) is 4.34. The summed E-state index contributed by atoms with van der Waals surface area (Å²) in [5.74, 6) is 0.383. The largest absolute Gasteiger partial charge is 0.282 e. The Kier molecular flexibility index (Phi) is 5.70. The minimum atomic E-state index is -3.35. The molecule has 0 aliphatic carbocycles. The molecule has 1 heterocycles. The van der Waals surface area contributed by atoms with Gasteiger partial charge in [0, 0.05) is 31.6 Å². The Labute approximate surface area is 110 Å². The van der Waals surface area contributed by atoms with Crippen molar-refractivity contribution in [2.45, 2.75) is 51.6 Å². The highest BCUT2D eigenvalue weighted by molar-refractivity contribution is 7.86. The van der Waals surface area contributed by atoms with Crippen molar-refractivity contribution >= 4 is 21.8 Å². The van der Waals surface area contributed by atoms with Gasteiger partial charge < -0.3 is 0 Å². The van der Waals surface area contributed by atoms with Crippen LogP contribution in [0.3, 0.4) is 0 Å². The Balaban J connectivity index is 2.87. The lowest BCUT2D eigenvalue weighted by atomic mass is 10.1. The summed E-state index contributed by atoms with van der Waals surface area (Å²) in [5, 5.41) is 0. The Bertz CT molecular complexity index is 334. The summed E-state index contributed by atoms with van der Waals surface area (Å²) in [7, 11) is -1.70. The van der Waals surface area contributed by atoms with Crippen molar-refractivity contribution in [3.63, 3.8) is 0 Å². The number of alkyl halides is 1. The third kappa shape index (κ3) is 3.34. The second-order valence-electron chi connectivity index (χ2n) is 4.70. The third-order valence-electron chi connectivity index (χ3n) is 3.62. The van der Waals surface area contributed by atoms with Crippen molar-refractivity contribution in [1.29, 1.82) is 0 Å². The van der Waals surface area contributed by atoms with Gasteiger partial charge in [0.25, 0.3) is 10.2 Å². The summed E-state index contributed by atoms with van der Waals surface area (Å²) in [4.78, 5) is 0. The van der Waals surface area contributed by atoms with E-state index in [0.717, 1.165) is 25.7 Å². The van der Waals surface area contributed by atoms with Crippen molar-refractivity contribution in [2.24, 2.45) is 0 Å². The zero-order valence-electron chi connectivity index (χ0n) is 10.9. The molecular formula is C11H23ClN2O2S. The van der Waals surface area contributed by atoms with Gasteiger partial charge in [-0.15, -0.1) is 11.6 Å². The van der Waals surface area contributed by atoms with Gasteiger partial charge in [-0.05, 0) is 26.2 Å². The molecule has 2 unspecified atom stereocenters. The zero-order chi connectivity index (χ0) is 13.1. The molecule has 0 radical (unpaired) electrons. The van der Waals surface area contributed by atoms with Gasteiger partial charge in [-0.25, -0.2) is 0 Å². The predicted molar refractivity (Wildman–Crippen MR) is 71.5 cm³/mol. The molecule has 1 saturated heterocycles. The van der Waals surface area contributed by atoms with Gasteiger partial charge >= 0.3 is 0 Å². The second-order valence-corrected chi connectivity index (χ2v) is 6.95. The van der Waals surface area contributed by atoms with Crippen LogP contribution in [-0.2, 0) is 10.2 Å². The number of hydrogen-bond acceptors (Lipinski definition) is 2. The average Bonchev–Trinajstić information content (AvgIpc) is 2.36. The van der Waals surface area contributed by atoms with Gasteiger partial charge in [0.05, 0.1) is 0 Å². The normalized spacial score (nSPS) is 25.1. The lowest BCUT2D eigenvalue weighted by molar-refractivity contribution is 0.242. The molecule has 0 aromatic carbocycles. The van der Waals surface area contributed by atoms with Gasteiger partial charge in [0.1, 0.15) is 0 Å². The van der Waals surface area contributed by atoms with E-state index in [1.807, 2.05) is 13.8 Å². The molecule has 6 heteroatoms. The van der Waals surface area contributed by atoms with E-state index in [-0.39, 0.29) is 12.1 Å². The van der Waals surface area contributed by atoms with Crippen LogP contribution in [0.2, 0.25) is 0 Å². The first-order valence-corrected chi connectivity index (χ1v) is 8.19. The van der Waals surface area contributed by atoms with E-state index >= 15 is 0 Å². The third-order valence-corrected chi connectivity index (χ3v) is 6.14. The highest BCUT2D eigenvalue weighted by atomic mass is 35.5. The highest BCUT2D eigenvalue weighted by Gasteiger charge is 2.35. The predicted octanol–water partition coefficient (Wildman–Crippen LogP) is 2.05. The fraction of sp³-hybridized carbons (Fsp3) is 1.00. The highest BCUT2D eigenvalue weighted by Crippen LogP contribution is 2.24. The minimum absolute atomic E-state index is 0.0258. The van der Waals surface area contributed by atoms with E-state index in [1.165, 1.54) is 4.31 Å². The van der Waals surface area contributed by atoms with Crippen molar-refractivity contribution in [2.75, 3.05) is 19.5 Å². The van der Waals surface area contributed by atoms with E-state index in [2.05, 4.69) is 0 Å². The van der Waals surface area contributed by atoms with Gasteiger partial charge in [-0.1, -0.05) is 13.3 Å². The number of piperidine rings is 1. The van der Waals surface area contributed by atoms with E-state index < -0.39 is 10.2 Å². The molecular weight excluding hydrogens is 260 g/mol. The van der Waals surface area contributed by atoms with Gasteiger partial charge in [-0.2, -0.15) is 17.0 Å². The van der Waals surface area contributed by atoms with Crippen molar-refractivity contribution in [3.05, 3.63) is 0 Å². The molecule has 4 nitrogen and oxygen atoms in total. The quantitative estimate of drug-likeness (QED) is 0.724. The molecule has 1 fully saturated rings. The first kappa shape index (κ1) is 15.2. The van der Waals surface area contributed by atoms with Crippen LogP contribution < -0.4 is 0 Å². The molecule has 0 bridgehead atoms. The summed E-state index contributed by atoms with van der Waals surface area (Å²) in [6.07, 6.45) is 3.68. The zero-order valence-corrected chi connectivity index (χ0v) is 12.5. The summed E-state index contributed by atoms with van der Waals surface area (Å²) in [6, 6.07) is -0.0141. The number of nitrogens with zero attached hydrogens (tertiary/aromatic N) is 2. The maximum absolute atomic E-state index is 12.4. The second kappa shape index (κ2) is 6.36. The Morgan fingerprint density at radius 2 is 2.12 bits per heavy atom. The molecule has 0 aromatic rings. The van der Waals surface area contributed by atoms with Gasteiger partial charge in [-0.3, -0.25) is 0 Å². The van der Waals surface area contributed by atoms with Crippen LogP contribution in [0.1, 0.15) is 39.5 Å². The average molecular weight is 283 g/mol. The minimum Gasteiger partial charge on any atom is -0.195 e. The number of hydrogen-bond donors (Lipinski definition) is 0. The molecule has 0 amide bonds. The maximum Gasteiger partial charge on any atom is 0.282 e. The number of rotatable bonds is 5. The van der Waals surface area contributed by atoms with Crippen molar-refractivity contribution in [1.82, 2.24) is 8.61 Å². The SMILES string of the molecule is CCC(C)N(C)S(=O)(=O)N1CCCCC1CCl. The van der Waals surface area contributed by atoms with Crippen LogP contribution in [0.5, 0.6) is 0 Å². The summed E-state index contributed by atoms with van der Waals surface area (Å²) >= 11 is 5.87. The molecule has 17 heavy (non-hydrogen) atoms. The number of halogens is 1. The molecule has 1 rings (SSSR count). The Hall–Kier alpha value is 0.160. The molecule has 1 aliphatic rings. The molecule has 2 atom stereocenters. The molecule has 102 valence electrons. The van der Waals surface area contributed by atoms with E-state index in [9.17, 15) is 8.42 Å². The van der Waals surface area contributed by atoms with E-state index in [4.69, 9.17) is 11.6 Å². The summed E-state index contributed by atoms with van der Waals surface area (Å²) < 4.78 is 27.9. The topological polar surface area (TPSA) is 40.6 Å². The molecule has 1 aliphatic heterocycles. The van der Waals surface area contributed by atoms with Crippen molar-refractivity contribution in [3.8, 4) is 0 Å². The first-order valence-electron chi connectivity index (χ1n) is 6.25. The molecule has 0 saturated carbocycles. The molecule has 0 aromatic heterocycles. The van der Waals surface area contributed by atoms with Gasteiger partial charge in [0.15, 0.2) is 0 Å². The molecule has 0 spiro atoms. The Morgan fingerprint density at radius 1 is 1.47 bits per heavy atom. The fourth-order valence-electron chi connectivity index (χ4n) is 2.08. The van der Waals surface area contributed by atoms with E-state index in [0.29, 0.717) is 12.4 Å². The lowest BCUT2D eigenvalue weighted by Gasteiger charge is -2.37.